The van der Waals surface area contributed by atoms with Gasteiger partial charge in [0.15, 0.2) is 25.0 Å². The van der Waals surface area contributed by atoms with Crippen LogP contribution in [0.2, 0.25) is 0 Å². The number of rotatable bonds is 16. The number of azide groups is 3. The van der Waals surface area contributed by atoms with Crippen LogP contribution in [0.1, 0.15) is 48.5 Å². The van der Waals surface area contributed by atoms with Gasteiger partial charge in [-0.2, -0.15) is 0 Å². The summed E-state index contributed by atoms with van der Waals surface area (Å²) in [6.07, 6.45) is -17.4. The molecule has 0 aromatic carbocycles. The van der Waals surface area contributed by atoms with Crippen molar-refractivity contribution in [3.8, 4) is 0 Å². The van der Waals surface area contributed by atoms with Crippen LogP contribution in [0.3, 0.4) is 0 Å². The maximum atomic E-state index is 12.7. The third kappa shape index (κ3) is 37.4. The van der Waals surface area contributed by atoms with Crippen molar-refractivity contribution in [2.24, 2.45) is 50.9 Å². The number of aliphatic carboxylic acids is 1. The van der Waals surface area contributed by atoms with Gasteiger partial charge in [-0.1, -0.05) is 70.1 Å². The minimum Gasteiger partial charge on any atom is -0.726 e. The van der Waals surface area contributed by atoms with E-state index in [9.17, 15) is 38.7 Å². The van der Waals surface area contributed by atoms with Gasteiger partial charge < -0.3 is 96.0 Å². The minimum atomic E-state index is -5.46. The van der Waals surface area contributed by atoms with Crippen LogP contribution in [-0.2, 0) is 113 Å². The van der Waals surface area contributed by atoms with Crippen LogP contribution in [0.15, 0.2) is 15.3 Å². The predicted molar refractivity (Wildman–Crippen MR) is 261 cm³/mol. The molecule has 0 aromatic heterocycles. The molecule has 52 heteroatoms. The first-order valence-electron chi connectivity index (χ1n) is 23.2. The van der Waals surface area contributed by atoms with Crippen molar-refractivity contribution in [1.29, 1.82) is 0 Å². The van der Waals surface area contributed by atoms with Crippen LogP contribution in [0, 0.1) is 62.7 Å². The van der Waals surface area contributed by atoms with E-state index in [1.165, 1.54) is 13.3 Å². The zero-order valence-electron chi connectivity index (χ0n) is 49.4. The topological polar surface area (TPSA) is 669 Å². The second-order valence-electron chi connectivity index (χ2n) is 18.4. The van der Waals surface area contributed by atoms with E-state index in [1.807, 2.05) is 13.8 Å². The monoisotopic (exact) mass is 1430 g/mol. The summed E-state index contributed by atoms with van der Waals surface area (Å²) in [5.74, 6) is -4.67. The summed E-state index contributed by atoms with van der Waals surface area (Å²) in [4.78, 5) is 33.1. The molecule has 5 rings (SSSR count). The van der Waals surface area contributed by atoms with Gasteiger partial charge in [0.25, 0.3) is 6.47 Å². The fourth-order valence-corrected chi connectivity index (χ4v) is 9.18. The first-order valence-corrected chi connectivity index (χ1v) is 30.0. The fourth-order valence-electron chi connectivity index (χ4n) is 8.65. The summed E-state index contributed by atoms with van der Waals surface area (Å²) in [6.45, 7) is 23.9. The Morgan fingerprint density at radius 2 is 0.944 bits per heavy atom. The Bertz CT molecular complexity index is 2760. The Kier molecular flexibility index (Phi) is 48.7. The maximum absolute atomic E-state index is 12.7. The smallest absolute Gasteiger partial charge is 0.726 e. The predicted octanol–water partition coefficient (Wildman–Crippen LogP) is -15.1. The summed E-state index contributed by atoms with van der Waals surface area (Å²) in [6, 6.07) is -2.89. The number of hydrogen-bond acceptors (Lipinski definition) is 31. The molecule has 0 saturated carbocycles. The van der Waals surface area contributed by atoms with Crippen LogP contribution in [0.5, 0.6) is 0 Å². The number of carboxylic acid groups (broad SMARTS) is 1. The van der Waals surface area contributed by atoms with Crippen LogP contribution >= 0.6 is 0 Å². The minimum absolute atomic E-state index is 0. The van der Waals surface area contributed by atoms with Crippen molar-refractivity contribution in [3.05, 3.63) is 58.5 Å². The standard InChI is InChI=1S/C37H55N9O17S.5Na.4H2O4S/c1-13-14(2)26(43-46-40)35(55-19(13)7)59-28-15(3)16(4)33(61-31(28)32(48)49)57-24-11-23(41-44-38)34(56-20(24)8)60-29-18(6)30(63-64(50,51)52)37(62-36(29)53-12-47)58-27-17(5)25(42-45-39)21(9)54-22(27)10;;;;;;4*1-5(2,3)4/h11-31,33-37H,7-8,10H2,1-6,9H3,(H,48,49)(H,50,51,52);;;;;;4*(H2,1,2,3,4)/q-4;5*+1;;;;/p-5/t13-,14-,15+,16?,17+,18-,19?,20?,21+,22?,23?,24-,25?,26?,27-,28-,29-,30?,31?,33+,34+,35+,36?,37+;;;;;;;;;/m0........./s1. The Morgan fingerprint density at radius 1 is 0.506 bits per heavy atom. The van der Waals surface area contributed by atoms with Gasteiger partial charge in [-0.15, -0.1) is 5.11 Å². The second kappa shape index (κ2) is 44.0. The summed E-state index contributed by atoms with van der Waals surface area (Å²) in [7, 11) is -25.1. The first kappa shape index (κ1) is 98.5. The number of nitrogens with zero attached hydrogens (tertiary/aromatic N) is 9. The average Bonchev–Trinajstić information content (AvgIpc) is 1.82. The Balaban J connectivity index is -0.000000815. The van der Waals surface area contributed by atoms with Crippen LogP contribution in [0.25, 0.3) is 31.3 Å². The maximum Gasteiger partial charge on any atom is 1.00 e. The van der Waals surface area contributed by atoms with Gasteiger partial charge in [0, 0.05) is 21.7 Å². The molecule has 24 atom stereocenters. The first-order chi connectivity index (χ1) is 38.1. The Hall–Kier alpha value is 0.860. The van der Waals surface area contributed by atoms with E-state index >= 15 is 0 Å². The molecular formula is C37H58N9Na5O33S5-4. The van der Waals surface area contributed by atoms with Gasteiger partial charge in [0.1, 0.15) is 24.6 Å². The molecular weight excluding hydrogens is 1370 g/mol. The number of carbonyl (C=O) groups excluding carboxylic acids is 1. The number of carboxylic acids is 1. The molecule has 5 fully saturated rings. The molecule has 0 bridgehead atoms. The van der Waals surface area contributed by atoms with Gasteiger partial charge in [0.05, 0.1) is 24.3 Å². The molecule has 0 aromatic rings. The molecule has 0 spiro atoms. The van der Waals surface area contributed by atoms with Gasteiger partial charge in [-0.05, 0) is 64.2 Å². The van der Waals surface area contributed by atoms with Gasteiger partial charge in [-0.3, -0.25) is 33.6 Å². The van der Waals surface area contributed by atoms with E-state index in [0.717, 1.165) is 0 Å². The molecule has 42 nitrogen and oxygen atoms in total. The quantitative estimate of drug-likeness (QED) is 0.0140. The summed E-state index contributed by atoms with van der Waals surface area (Å²) in [5, 5.41) is 21.7. The third-order valence-corrected chi connectivity index (χ3v) is 13.2. The van der Waals surface area contributed by atoms with Crippen molar-refractivity contribution >= 4 is 64.4 Å². The largest absolute Gasteiger partial charge is 1.00 e. The van der Waals surface area contributed by atoms with Crippen molar-refractivity contribution in [2.75, 3.05) is 0 Å². The van der Waals surface area contributed by atoms with E-state index in [0.29, 0.717) is 0 Å². The molecule has 0 radical (unpaired) electrons. The third-order valence-electron chi connectivity index (χ3n) is 12.8. The molecule has 5 heterocycles. The molecule has 0 aliphatic carbocycles. The molecule has 5 aliphatic heterocycles. The molecule has 10 unspecified atom stereocenters. The van der Waals surface area contributed by atoms with Crippen LogP contribution in [-0.4, -0.2) is 211 Å². The zero-order valence-corrected chi connectivity index (χ0v) is 63.4. The molecule has 5 saturated heterocycles. The average molecular weight is 1430 g/mol. The van der Waals surface area contributed by atoms with Crippen molar-refractivity contribution < 1.29 is 297 Å². The normalized spacial score (nSPS) is 35.9. The van der Waals surface area contributed by atoms with Crippen molar-refractivity contribution in [2.45, 2.75) is 159 Å². The van der Waals surface area contributed by atoms with E-state index in [-0.39, 0.29) is 166 Å². The summed E-state index contributed by atoms with van der Waals surface area (Å²) < 4.78 is 232. The fraction of sp³-hybridized carbons (Fsp3) is 0.838. The second-order valence-corrected chi connectivity index (χ2v) is 22.8. The number of hydrogen-bond donors (Lipinski definition) is 5. The SMILES string of the molecule is O=S(=O)([O-])O.O=S(=O)([O-])O.O=S(=O)([O-])O.O=S(=O)([O-])O.[CH2-]C1O[C@H](O[C@@H]2C(OC=O)O[C@@H](O[C@@H]3C([CH2-])O[C@H](C)C(N=[N+]=[N-])[C@H]3C)C(OS(=O)(=O)[O-])[C@H]2C)C(N=[N+]=[N-])[CH-][C@@H]1O[C@@H]1OC(C(=O)O)[C@@H](O[C@H]2OC([CH2-])[C@@H](C)[C@H](C)C2N=[N+]=[N-])[C@H](C)C1C.[Na+].[Na+].[Na+].[Na+].[Na+]. The molecule has 89 heavy (non-hydrogen) atoms. The summed E-state index contributed by atoms with van der Waals surface area (Å²) in [5.41, 5.74) is 28.0. The molecule has 5 N–H and O–H groups in total. The van der Waals surface area contributed by atoms with Crippen molar-refractivity contribution in [3.63, 3.8) is 0 Å². The number of carbonyl (C=O) groups is 2. The van der Waals surface area contributed by atoms with E-state index < -0.39 is 192 Å². The Morgan fingerprint density at radius 3 is 1.38 bits per heavy atom. The van der Waals surface area contributed by atoms with Crippen LogP contribution < -0.4 is 148 Å². The van der Waals surface area contributed by atoms with Gasteiger partial charge in [0.2, 0.25) is 58.3 Å². The summed E-state index contributed by atoms with van der Waals surface area (Å²) >= 11 is 0. The zero-order chi connectivity index (χ0) is 65.4. The van der Waals surface area contributed by atoms with Crippen LogP contribution in [0.4, 0.5) is 0 Å². The van der Waals surface area contributed by atoms with Crippen molar-refractivity contribution in [1.82, 2.24) is 0 Å². The van der Waals surface area contributed by atoms with Gasteiger partial charge in [-0.25, -0.2) is 46.9 Å². The van der Waals surface area contributed by atoms with E-state index in [2.05, 4.69) is 50.8 Å². The van der Waals surface area contributed by atoms with E-state index in [4.69, 9.17) is 127 Å². The van der Waals surface area contributed by atoms with Gasteiger partial charge >= 0.3 is 154 Å². The van der Waals surface area contributed by atoms with E-state index in [1.54, 1.807) is 27.7 Å². The Labute approximate surface area is 622 Å². The molecule has 0 amide bonds. The number of ether oxygens (including phenoxy) is 10. The molecule has 488 valence electrons. The molecule has 5 aliphatic rings.